The van der Waals surface area contributed by atoms with E-state index in [0.29, 0.717) is 32.8 Å². The zero-order chi connectivity index (χ0) is 18.4. The van der Waals surface area contributed by atoms with E-state index >= 15 is 0 Å². The molecule has 4 aromatic rings. The number of rotatable bonds is 3. The predicted molar refractivity (Wildman–Crippen MR) is 101 cm³/mol. The zero-order valence-corrected chi connectivity index (χ0v) is 15.5. The number of aryl methyl sites for hydroxylation is 2. The minimum Gasteiger partial charge on any atom is -0.484 e. The lowest BCUT2D eigenvalue weighted by molar-refractivity contribution is 0.295. The number of ether oxygens (including phenoxy) is 1. The van der Waals surface area contributed by atoms with Crippen molar-refractivity contribution >= 4 is 39.9 Å². The largest absolute Gasteiger partial charge is 0.484 e. The van der Waals surface area contributed by atoms with E-state index < -0.39 is 0 Å². The first-order chi connectivity index (χ1) is 12.5. The van der Waals surface area contributed by atoms with Crippen LogP contribution in [0.15, 0.2) is 41.2 Å². The molecule has 0 bridgehead atoms. The first-order valence-corrected chi connectivity index (χ1v) is 8.63. The number of benzene rings is 2. The maximum absolute atomic E-state index is 12.6. The first kappa shape index (κ1) is 16.9. The molecule has 132 valence electrons. The van der Waals surface area contributed by atoms with Crippen LogP contribution in [0, 0.1) is 6.92 Å². The lowest BCUT2D eigenvalue weighted by Crippen LogP contribution is -2.20. The number of halogens is 2. The lowest BCUT2D eigenvalue weighted by atomic mass is 10.1. The molecule has 26 heavy (non-hydrogen) atoms. The van der Waals surface area contributed by atoms with Gasteiger partial charge in [0, 0.05) is 7.05 Å². The van der Waals surface area contributed by atoms with E-state index in [1.165, 1.54) is 4.57 Å². The number of hydrogen-bond donors (Lipinski definition) is 0. The van der Waals surface area contributed by atoms with E-state index in [9.17, 15) is 4.79 Å². The molecule has 0 saturated carbocycles. The molecule has 8 heteroatoms. The van der Waals surface area contributed by atoms with Gasteiger partial charge in [-0.25, -0.2) is 0 Å². The highest BCUT2D eigenvalue weighted by molar-refractivity contribution is 6.42. The molecule has 0 aliphatic carbocycles. The van der Waals surface area contributed by atoms with Crippen molar-refractivity contribution < 1.29 is 4.74 Å². The van der Waals surface area contributed by atoms with Gasteiger partial charge in [-0.1, -0.05) is 40.9 Å². The fourth-order valence-electron chi connectivity index (χ4n) is 2.89. The third-order valence-corrected chi connectivity index (χ3v) is 5.02. The van der Waals surface area contributed by atoms with E-state index in [1.54, 1.807) is 25.2 Å². The van der Waals surface area contributed by atoms with Crippen molar-refractivity contribution in [2.24, 2.45) is 7.05 Å². The van der Waals surface area contributed by atoms with Gasteiger partial charge in [0.2, 0.25) is 5.78 Å². The summed E-state index contributed by atoms with van der Waals surface area (Å²) in [6.07, 6.45) is 0. The summed E-state index contributed by atoms with van der Waals surface area (Å²) in [5, 5.41) is 9.69. The molecule has 0 spiro atoms. The highest BCUT2D eigenvalue weighted by Crippen LogP contribution is 2.32. The molecule has 0 atom stereocenters. The monoisotopic (exact) mass is 388 g/mol. The Balaban J connectivity index is 1.85. The van der Waals surface area contributed by atoms with Crippen molar-refractivity contribution in [2.45, 2.75) is 13.5 Å². The summed E-state index contributed by atoms with van der Waals surface area (Å²) in [5.74, 6) is 1.46. The van der Waals surface area contributed by atoms with Crippen molar-refractivity contribution in [2.75, 3.05) is 0 Å². The van der Waals surface area contributed by atoms with Crippen LogP contribution in [0.3, 0.4) is 0 Å². The first-order valence-electron chi connectivity index (χ1n) is 7.87. The van der Waals surface area contributed by atoms with Gasteiger partial charge in [0.25, 0.3) is 5.56 Å². The van der Waals surface area contributed by atoms with Crippen LogP contribution in [-0.2, 0) is 13.7 Å². The SMILES string of the molecule is Cc1ccc2c(c1)c(=O)n(C)c1nnc(COc3cccc(Cl)c3Cl)n21. The van der Waals surface area contributed by atoms with Crippen LogP contribution < -0.4 is 10.3 Å². The molecule has 0 amide bonds. The van der Waals surface area contributed by atoms with E-state index in [-0.39, 0.29) is 12.2 Å². The molecule has 6 nitrogen and oxygen atoms in total. The Bertz CT molecular complexity index is 1210. The summed E-state index contributed by atoms with van der Waals surface area (Å²) in [7, 11) is 1.67. The lowest BCUT2D eigenvalue weighted by Gasteiger charge is -2.10. The van der Waals surface area contributed by atoms with E-state index in [0.717, 1.165) is 11.1 Å². The Kier molecular flexibility index (Phi) is 4.09. The van der Waals surface area contributed by atoms with Gasteiger partial charge in [-0.15, -0.1) is 10.2 Å². The van der Waals surface area contributed by atoms with Crippen molar-refractivity contribution in [3.8, 4) is 5.75 Å². The summed E-state index contributed by atoms with van der Waals surface area (Å²) in [6.45, 7) is 2.07. The van der Waals surface area contributed by atoms with Gasteiger partial charge in [0.15, 0.2) is 5.82 Å². The normalized spacial score (nSPS) is 11.4. The average molecular weight is 389 g/mol. The standard InChI is InChI=1S/C18H14Cl2N4O2/c1-10-6-7-13-11(8-10)17(25)23(2)18-22-21-15(24(13)18)9-26-14-5-3-4-12(19)16(14)20/h3-8H,9H2,1-2H3. The molecule has 0 saturated heterocycles. The van der Waals surface area contributed by atoms with Crippen LogP contribution in [0.5, 0.6) is 5.75 Å². The number of nitrogens with zero attached hydrogens (tertiary/aromatic N) is 4. The van der Waals surface area contributed by atoms with E-state index in [4.69, 9.17) is 27.9 Å². The van der Waals surface area contributed by atoms with Crippen LogP contribution in [0.25, 0.3) is 16.7 Å². The van der Waals surface area contributed by atoms with Crippen molar-refractivity contribution in [1.29, 1.82) is 0 Å². The third kappa shape index (κ3) is 2.62. The van der Waals surface area contributed by atoms with Crippen LogP contribution in [-0.4, -0.2) is 19.2 Å². The molecular weight excluding hydrogens is 375 g/mol. The number of fused-ring (bicyclic) bond motifs is 3. The summed E-state index contributed by atoms with van der Waals surface area (Å²) < 4.78 is 9.08. The van der Waals surface area contributed by atoms with Crippen molar-refractivity contribution in [1.82, 2.24) is 19.2 Å². The van der Waals surface area contributed by atoms with Gasteiger partial charge in [-0.05, 0) is 31.2 Å². The maximum Gasteiger partial charge on any atom is 0.262 e. The van der Waals surface area contributed by atoms with Crippen LogP contribution in [0.1, 0.15) is 11.4 Å². The molecule has 0 unspecified atom stereocenters. The molecule has 0 N–H and O–H groups in total. The van der Waals surface area contributed by atoms with Crippen molar-refractivity contribution in [3.05, 3.63) is 68.2 Å². The molecule has 2 aromatic heterocycles. The fraction of sp³-hybridized carbons (Fsp3) is 0.167. The summed E-state index contributed by atoms with van der Waals surface area (Å²) in [4.78, 5) is 12.6. The summed E-state index contributed by atoms with van der Waals surface area (Å²) >= 11 is 12.2. The minimum atomic E-state index is -0.117. The van der Waals surface area contributed by atoms with Gasteiger partial charge < -0.3 is 4.74 Å². The minimum absolute atomic E-state index is 0.117. The summed E-state index contributed by atoms with van der Waals surface area (Å²) in [5.41, 5.74) is 1.62. The van der Waals surface area contributed by atoms with Crippen LogP contribution in [0.2, 0.25) is 10.0 Å². The quantitative estimate of drug-likeness (QED) is 0.535. The zero-order valence-electron chi connectivity index (χ0n) is 14.0. The second kappa shape index (κ2) is 6.30. The van der Waals surface area contributed by atoms with Crippen LogP contribution in [0.4, 0.5) is 0 Å². The smallest absolute Gasteiger partial charge is 0.262 e. The van der Waals surface area contributed by atoms with E-state index in [1.807, 2.05) is 29.5 Å². The van der Waals surface area contributed by atoms with E-state index in [2.05, 4.69) is 10.2 Å². The number of hydrogen-bond acceptors (Lipinski definition) is 4. The van der Waals surface area contributed by atoms with Gasteiger partial charge >= 0.3 is 0 Å². The van der Waals surface area contributed by atoms with Gasteiger partial charge in [-0.2, -0.15) is 0 Å². The molecule has 0 aliphatic heterocycles. The molecule has 2 heterocycles. The molecular formula is C18H14Cl2N4O2. The second-order valence-electron chi connectivity index (χ2n) is 5.98. The highest BCUT2D eigenvalue weighted by Gasteiger charge is 2.16. The summed E-state index contributed by atoms with van der Waals surface area (Å²) in [6, 6.07) is 10.9. The Hall–Kier alpha value is -2.57. The Morgan fingerprint density at radius 3 is 2.77 bits per heavy atom. The molecule has 0 fully saturated rings. The Morgan fingerprint density at radius 1 is 1.15 bits per heavy atom. The van der Waals surface area contributed by atoms with Gasteiger partial charge in [-0.3, -0.25) is 13.8 Å². The molecule has 4 rings (SSSR count). The second-order valence-corrected chi connectivity index (χ2v) is 6.76. The third-order valence-electron chi connectivity index (χ3n) is 4.21. The molecule has 2 aromatic carbocycles. The molecule has 0 aliphatic rings. The number of aromatic nitrogens is 4. The maximum atomic E-state index is 12.6. The van der Waals surface area contributed by atoms with Crippen molar-refractivity contribution in [3.63, 3.8) is 0 Å². The molecule has 0 radical (unpaired) electrons. The Labute approximate surface area is 158 Å². The average Bonchev–Trinajstić information content (AvgIpc) is 3.05. The topological polar surface area (TPSA) is 61.4 Å². The highest BCUT2D eigenvalue weighted by atomic mass is 35.5. The predicted octanol–water partition coefficient (Wildman–Crippen LogP) is 3.78. The van der Waals surface area contributed by atoms with Crippen LogP contribution >= 0.6 is 23.2 Å². The fourth-order valence-corrected chi connectivity index (χ4v) is 3.24. The van der Waals surface area contributed by atoms with Gasteiger partial charge in [0.05, 0.1) is 15.9 Å². The van der Waals surface area contributed by atoms with Gasteiger partial charge in [0.1, 0.15) is 17.4 Å². The Morgan fingerprint density at radius 2 is 1.96 bits per heavy atom.